The van der Waals surface area contributed by atoms with Gasteiger partial charge in [0.1, 0.15) is 5.75 Å². The van der Waals surface area contributed by atoms with E-state index in [0.29, 0.717) is 22.8 Å². The van der Waals surface area contributed by atoms with E-state index >= 15 is 0 Å². The van der Waals surface area contributed by atoms with Crippen LogP contribution in [0.25, 0.3) is 0 Å². The molecule has 0 aliphatic rings. The number of hydrogen-bond donors (Lipinski definition) is 1. The molecule has 0 bridgehead atoms. The lowest BCUT2D eigenvalue weighted by Crippen LogP contribution is -2.30. The molecule has 2 aromatic rings. The first-order valence-corrected chi connectivity index (χ1v) is 6.85. The fourth-order valence-electron chi connectivity index (χ4n) is 1.92. The predicted octanol–water partition coefficient (Wildman–Crippen LogP) is 4.37. The van der Waals surface area contributed by atoms with Crippen LogP contribution in [0.2, 0.25) is 10.0 Å². The van der Waals surface area contributed by atoms with Gasteiger partial charge in [-0.15, -0.1) is 0 Å². The highest BCUT2D eigenvalue weighted by Gasteiger charge is 2.20. The summed E-state index contributed by atoms with van der Waals surface area (Å²) in [4.78, 5) is 14.1. The maximum atomic E-state index is 12.6. The van der Waals surface area contributed by atoms with Crippen molar-refractivity contribution in [2.24, 2.45) is 0 Å². The molecule has 0 unspecified atom stereocenters. The summed E-state index contributed by atoms with van der Waals surface area (Å²) in [6, 6.07) is 11.4. The van der Waals surface area contributed by atoms with Crippen LogP contribution >= 0.6 is 23.2 Å². The molecule has 0 aromatic heterocycles. The number of carbonyl (C=O) groups is 1. The van der Waals surface area contributed by atoms with E-state index in [0.717, 1.165) is 0 Å². The smallest absolute Gasteiger partial charge is 0.259 e. The van der Waals surface area contributed by atoms with Crippen molar-refractivity contribution in [3.05, 3.63) is 58.1 Å². The number of rotatable bonds is 3. The molecule has 2 rings (SSSR count). The molecule has 5 heteroatoms. The second-order valence-corrected chi connectivity index (χ2v) is 4.96. The van der Waals surface area contributed by atoms with E-state index in [1.54, 1.807) is 36.4 Å². The van der Waals surface area contributed by atoms with E-state index in [2.05, 4.69) is 0 Å². The zero-order valence-electron chi connectivity index (χ0n) is 10.8. The minimum absolute atomic E-state index is 0.103. The van der Waals surface area contributed by atoms with Crippen LogP contribution in [0, 0.1) is 0 Å². The van der Waals surface area contributed by atoms with Gasteiger partial charge in [0.2, 0.25) is 0 Å². The van der Waals surface area contributed by atoms with Crippen molar-refractivity contribution in [1.29, 1.82) is 0 Å². The molecule has 0 heterocycles. The summed E-state index contributed by atoms with van der Waals surface area (Å²) in [5.41, 5.74) is 0.943. The van der Waals surface area contributed by atoms with Crippen LogP contribution in [0.4, 0.5) is 5.69 Å². The van der Waals surface area contributed by atoms with Crippen LogP contribution in [-0.2, 0) is 0 Å². The van der Waals surface area contributed by atoms with Crippen molar-refractivity contribution in [2.75, 3.05) is 11.4 Å². The third-order valence-corrected chi connectivity index (χ3v) is 3.70. The maximum Gasteiger partial charge on any atom is 0.259 e. The number of amides is 1. The Balaban J connectivity index is 2.42. The van der Waals surface area contributed by atoms with Gasteiger partial charge in [-0.25, -0.2) is 0 Å². The number of hydrogen-bond acceptors (Lipinski definition) is 2. The van der Waals surface area contributed by atoms with Gasteiger partial charge in [0.05, 0.1) is 15.6 Å². The summed E-state index contributed by atoms with van der Waals surface area (Å²) in [5, 5.41) is 10.1. The summed E-state index contributed by atoms with van der Waals surface area (Å²) in [5.74, 6) is -0.156. The van der Waals surface area contributed by atoms with Crippen LogP contribution in [0.15, 0.2) is 42.5 Å². The van der Waals surface area contributed by atoms with Crippen LogP contribution in [0.3, 0.4) is 0 Å². The number of anilines is 1. The third-order valence-electron chi connectivity index (χ3n) is 2.88. The minimum Gasteiger partial charge on any atom is -0.508 e. The fourth-order valence-corrected chi connectivity index (χ4v) is 2.30. The van der Waals surface area contributed by atoms with E-state index in [-0.39, 0.29) is 16.7 Å². The largest absolute Gasteiger partial charge is 0.508 e. The van der Waals surface area contributed by atoms with Crippen molar-refractivity contribution >= 4 is 34.8 Å². The summed E-state index contributed by atoms with van der Waals surface area (Å²) < 4.78 is 0. The van der Waals surface area contributed by atoms with Gasteiger partial charge < -0.3 is 10.0 Å². The number of carbonyl (C=O) groups excluding carboxylic acids is 1. The second-order valence-electron chi connectivity index (χ2n) is 4.17. The van der Waals surface area contributed by atoms with Crippen LogP contribution in [0.5, 0.6) is 5.75 Å². The SMILES string of the molecule is CCN(C(=O)c1cccc(Cl)c1Cl)c1cccc(O)c1. The van der Waals surface area contributed by atoms with E-state index in [1.807, 2.05) is 6.92 Å². The Morgan fingerprint density at radius 1 is 1.20 bits per heavy atom. The maximum absolute atomic E-state index is 12.6. The number of benzene rings is 2. The van der Waals surface area contributed by atoms with Gasteiger partial charge in [0, 0.05) is 18.3 Å². The second kappa shape index (κ2) is 6.16. The van der Waals surface area contributed by atoms with Gasteiger partial charge in [0.15, 0.2) is 0 Å². The standard InChI is InChI=1S/C15H13Cl2NO2/c1-2-18(10-5-3-6-11(19)9-10)15(20)12-7-4-8-13(16)14(12)17/h3-9,19H,2H2,1H3. The number of nitrogens with zero attached hydrogens (tertiary/aromatic N) is 1. The first-order chi connectivity index (χ1) is 9.54. The molecule has 2 aromatic carbocycles. The highest BCUT2D eigenvalue weighted by Crippen LogP contribution is 2.28. The van der Waals surface area contributed by atoms with Gasteiger partial charge in [-0.2, -0.15) is 0 Å². The molecule has 3 nitrogen and oxygen atoms in total. The number of phenols is 1. The molecule has 0 radical (unpaired) electrons. The Morgan fingerprint density at radius 3 is 2.55 bits per heavy atom. The van der Waals surface area contributed by atoms with E-state index in [9.17, 15) is 9.90 Å². The molecule has 20 heavy (non-hydrogen) atoms. The van der Waals surface area contributed by atoms with Crippen molar-refractivity contribution in [2.45, 2.75) is 6.92 Å². The van der Waals surface area contributed by atoms with E-state index in [4.69, 9.17) is 23.2 Å². The molecule has 0 aliphatic heterocycles. The van der Waals surface area contributed by atoms with Crippen molar-refractivity contribution in [1.82, 2.24) is 0 Å². The molecule has 1 N–H and O–H groups in total. The number of halogens is 2. The van der Waals surface area contributed by atoms with Crippen LogP contribution in [-0.4, -0.2) is 17.6 Å². The summed E-state index contributed by atoms with van der Waals surface area (Å²) >= 11 is 12.0. The Kier molecular flexibility index (Phi) is 4.53. The first-order valence-electron chi connectivity index (χ1n) is 6.09. The molecule has 0 fully saturated rings. The van der Waals surface area contributed by atoms with Gasteiger partial charge in [-0.1, -0.05) is 35.3 Å². The highest BCUT2D eigenvalue weighted by molar-refractivity contribution is 6.44. The highest BCUT2D eigenvalue weighted by atomic mass is 35.5. The zero-order chi connectivity index (χ0) is 14.7. The molecule has 0 aliphatic carbocycles. The van der Waals surface area contributed by atoms with Gasteiger partial charge in [-0.05, 0) is 31.2 Å². The fraction of sp³-hybridized carbons (Fsp3) is 0.133. The third kappa shape index (κ3) is 2.89. The van der Waals surface area contributed by atoms with Crippen LogP contribution in [0.1, 0.15) is 17.3 Å². The summed E-state index contributed by atoms with van der Waals surface area (Å²) in [7, 11) is 0. The molecule has 0 saturated carbocycles. The molecule has 104 valence electrons. The summed E-state index contributed by atoms with van der Waals surface area (Å²) in [6.45, 7) is 2.30. The first kappa shape index (κ1) is 14.7. The zero-order valence-corrected chi connectivity index (χ0v) is 12.3. The molecular weight excluding hydrogens is 297 g/mol. The monoisotopic (exact) mass is 309 g/mol. The van der Waals surface area contributed by atoms with Gasteiger partial charge in [-0.3, -0.25) is 4.79 Å². The molecular formula is C15H13Cl2NO2. The Hall–Kier alpha value is -1.71. The quantitative estimate of drug-likeness (QED) is 0.914. The number of aromatic hydroxyl groups is 1. The average Bonchev–Trinajstić information content (AvgIpc) is 2.42. The van der Waals surface area contributed by atoms with Gasteiger partial charge >= 0.3 is 0 Å². The number of phenolic OH excluding ortho intramolecular Hbond substituents is 1. The lowest BCUT2D eigenvalue weighted by atomic mass is 10.1. The lowest BCUT2D eigenvalue weighted by Gasteiger charge is -2.22. The van der Waals surface area contributed by atoms with E-state index < -0.39 is 0 Å². The Labute approximate surface area is 127 Å². The van der Waals surface area contributed by atoms with Crippen molar-refractivity contribution in [3.8, 4) is 5.75 Å². The topological polar surface area (TPSA) is 40.5 Å². The summed E-state index contributed by atoms with van der Waals surface area (Å²) in [6.07, 6.45) is 0. The normalized spacial score (nSPS) is 10.3. The molecule has 0 spiro atoms. The molecule has 0 saturated heterocycles. The molecule has 1 amide bonds. The minimum atomic E-state index is -0.259. The van der Waals surface area contributed by atoms with Crippen LogP contribution < -0.4 is 4.90 Å². The van der Waals surface area contributed by atoms with E-state index in [1.165, 1.54) is 11.0 Å². The average molecular weight is 310 g/mol. The predicted molar refractivity (Wildman–Crippen MR) is 81.9 cm³/mol. The molecule has 0 atom stereocenters. The lowest BCUT2D eigenvalue weighted by molar-refractivity contribution is 0.0988. The van der Waals surface area contributed by atoms with Gasteiger partial charge in [0.25, 0.3) is 5.91 Å². The Morgan fingerprint density at radius 2 is 1.90 bits per heavy atom. The Bertz CT molecular complexity index is 644. The van der Waals surface area contributed by atoms with Crippen molar-refractivity contribution in [3.63, 3.8) is 0 Å². The van der Waals surface area contributed by atoms with Crippen molar-refractivity contribution < 1.29 is 9.90 Å².